The van der Waals surface area contributed by atoms with Crippen LogP contribution >= 0.6 is 0 Å². The van der Waals surface area contributed by atoms with E-state index in [0.29, 0.717) is 11.2 Å². The molecule has 1 aromatic rings. The number of aromatic nitrogens is 1. The highest BCUT2D eigenvalue weighted by Gasteiger charge is 2.19. The predicted molar refractivity (Wildman–Crippen MR) is 54.8 cm³/mol. The highest BCUT2D eigenvalue weighted by molar-refractivity contribution is 6.30. The van der Waals surface area contributed by atoms with Crippen LogP contribution in [0.1, 0.15) is 23.2 Å². The van der Waals surface area contributed by atoms with Crippen LogP contribution in [0, 0.1) is 0 Å². The van der Waals surface area contributed by atoms with Crippen LogP contribution in [0.4, 0.5) is 0 Å². The molecule has 2 heterocycles. The standard InChI is InChI=1S/C10H11BN2O/c11-9-4-3-8(7-12-9)10(14)13-5-1-2-6-13/h3-4,7H,1-2,5-6H2. The maximum Gasteiger partial charge on any atom is 0.255 e. The van der Waals surface area contributed by atoms with Gasteiger partial charge in [0.15, 0.2) is 0 Å². The van der Waals surface area contributed by atoms with Gasteiger partial charge in [-0.1, -0.05) is 6.07 Å². The van der Waals surface area contributed by atoms with Crippen molar-refractivity contribution in [3.05, 3.63) is 23.9 Å². The molecular formula is C10H11BN2O. The van der Waals surface area contributed by atoms with Crippen molar-refractivity contribution in [2.24, 2.45) is 0 Å². The fourth-order valence-corrected chi connectivity index (χ4v) is 1.63. The van der Waals surface area contributed by atoms with Crippen molar-refractivity contribution in [2.75, 3.05) is 13.1 Å². The highest BCUT2D eigenvalue weighted by Crippen LogP contribution is 2.11. The second-order valence-electron chi connectivity index (χ2n) is 3.47. The van der Waals surface area contributed by atoms with Gasteiger partial charge < -0.3 is 4.90 Å². The van der Waals surface area contributed by atoms with Crippen LogP contribution in [-0.2, 0) is 0 Å². The molecule has 1 aliphatic rings. The number of carbonyl (C=O) groups is 1. The van der Waals surface area contributed by atoms with Crippen molar-refractivity contribution in [1.29, 1.82) is 0 Å². The van der Waals surface area contributed by atoms with Gasteiger partial charge in [0.05, 0.1) is 5.56 Å². The Morgan fingerprint density at radius 2 is 2.07 bits per heavy atom. The molecule has 4 heteroatoms. The molecule has 0 spiro atoms. The molecular weight excluding hydrogens is 175 g/mol. The van der Waals surface area contributed by atoms with E-state index in [2.05, 4.69) is 4.98 Å². The van der Waals surface area contributed by atoms with E-state index >= 15 is 0 Å². The van der Waals surface area contributed by atoms with Crippen LogP contribution in [0.3, 0.4) is 0 Å². The summed E-state index contributed by atoms with van der Waals surface area (Å²) in [5, 5.41) is 0. The van der Waals surface area contributed by atoms with E-state index in [-0.39, 0.29) is 5.91 Å². The number of hydrogen-bond donors (Lipinski definition) is 0. The number of nitrogens with zero attached hydrogens (tertiary/aromatic N) is 2. The minimum Gasteiger partial charge on any atom is -0.339 e. The summed E-state index contributed by atoms with van der Waals surface area (Å²) in [6.07, 6.45) is 3.75. The van der Waals surface area contributed by atoms with E-state index in [4.69, 9.17) is 7.85 Å². The lowest BCUT2D eigenvalue weighted by Gasteiger charge is -2.14. The summed E-state index contributed by atoms with van der Waals surface area (Å²) in [6.45, 7) is 1.73. The van der Waals surface area contributed by atoms with E-state index in [1.165, 1.54) is 6.20 Å². The molecule has 0 unspecified atom stereocenters. The van der Waals surface area contributed by atoms with Gasteiger partial charge in [-0.05, 0) is 24.5 Å². The van der Waals surface area contributed by atoms with Gasteiger partial charge in [0.25, 0.3) is 5.91 Å². The third kappa shape index (κ3) is 1.79. The molecule has 1 amide bonds. The Hall–Kier alpha value is -1.32. The number of rotatable bonds is 1. The van der Waals surface area contributed by atoms with Gasteiger partial charge in [-0.25, -0.2) is 0 Å². The molecule has 1 aromatic heterocycles. The molecule has 0 bridgehead atoms. The Labute approximate surface area is 84.5 Å². The molecule has 0 aromatic carbocycles. The van der Waals surface area contributed by atoms with E-state index in [1.807, 2.05) is 4.90 Å². The summed E-state index contributed by atoms with van der Waals surface area (Å²) in [4.78, 5) is 17.6. The Kier molecular flexibility index (Phi) is 2.52. The van der Waals surface area contributed by atoms with Crippen LogP contribution < -0.4 is 5.59 Å². The number of amides is 1. The van der Waals surface area contributed by atoms with Crippen LogP contribution in [-0.4, -0.2) is 36.7 Å². The van der Waals surface area contributed by atoms with Gasteiger partial charge in [0.1, 0.15) is 7.85 Å². The van der Waals surface area contributed by atoms with Crippen molar-refractivity contribution < 1.29 is 4.79 Å². The van der Waals surface area contributed by atoms with Crippen molar-refractivity contribution >= 4 is 19.3 Å². The smallest absolute Gasteiger partial charge is 0.255 e. The number of pyridine rings is 1. The Morgan fingerprint density at radius 3 is 2.64 bits per heavy atom. The van der Waals surface area contributed by atoms with Gasteiger partial charge in [0.2, 0.25) is 0 Å². The molecule has 0 aliphatic carbocycles. The lowest BCUT2D eigenvalue weighted by molar-refractivity contribution is 0.0792. The fourth-order valence-electron chi connectivity index (χ4n) is 1.63. The van der Waals surface area contributed by atoms with Crippen LogP contribution in [0.2, 0.25) is 0 Å². The summed E-state index contributed by atoms with van der Waals surface area (Å²) >= 11 is 0. The van der Waals surface area contributed by atoms with Crippen molar-refractivity contribution in [3.63, 3.8) is 0 Å². The predicted octanol–water partition coefficient (Wildman–Crippen LogP) is 0.111. The normalized spacial score (nSPS) is 15.9. The number of carbonyl (C=O) groups excluding carboxylic acids is 1. The minimum atomic E-state index is 0.0648. The molecule has 1 fully saturated rings. The topological polar surface area (TPSA) is 33.2 Å². The number of hydrogen-bond acceptors (Lipinski definition) is 2. The molecule has 0 saturated carbocycles. The van der Waals surface area contributed by atoms with E-state index < -0.39 is 0 Å². The first-order valence-electron chi connectivity index (χ1n) is 4.78. The molecule has 0 atom stereocenters. The molecule has 70 valence electrons. The third-order valence-corrected chi connectivity index (χ3v) is 2.43. The molecule has 1 aliphatic heterocycles. The molecule has 14 heavy (non-hydrogen) atoms. The SMILES string of the molecule is [B]c1ccc(C(=O)N2CCCC2)cn1. The summed E-state index contributed by atoms with van der Waals surface area (Å²) in [5.74, 6) is 0.0648. The second-order valence-corrected chi connectivity index (χ2v) is 3.47. The summed E-state index contributed by atoms with van der Waals surface area (Å²) in [7, 11) is 5.44. The maximum atomic E-state index is 11.8. The maximum absolute atomic E-state index is 11.8. The van der Waals surface area contributed by atoms with E-state index in [0.717, 1.165) is 25.9 Å². The third-order valence-electron chi connectivity index (χ3n) is 2.43. The first-order valence-corrected chi connectivity index (χ1v) is 4.78. The first-order chi connectivity index (χ1) is 6.77. The van der Waals surface area contributed by atoms with E-state index in [1.54, 1.807) is 12.1 Å². The van der Waals surface area contributed by atoms with Gasteiger partial charge >= 0.3 is 0 Å². The van der Waals surface area contributed by atoms with Crippen molar-refractivity contribution in [3.8, 4) is 0 Å². The lowest BCUT2D eigenvalue weighted by atomic mass is 10.0. The van der Waals surface area contributed by atoms with E-state index in [9.17, 15) is 4.79 Å². The first kappa shape index (κ1) is 9.25. The summed E-state index contributed by atoms with van der Waals surface area (Å²) in [6, 6.07) is 3.38. The van der Waals surface area contributed by atoms with Crippen molar-refractivity contribution in [1.82, 2.24) is 9.88 Å². The monoisotopic (exact) mass is 186 g/mol. The zero-order chi connectivity index (χ0) is 9.97. The summed E-state index contributed by atoms with van der Waals surface area (Å²) < 4.78 is 0. The molecule has 2 radical (unpaired) electrons. The van der Waals surface area contributed by atoms with Gasteiger partial charge in [-0.3, -0.25) is 9.78 Å². The fraction of sp³-hybridized carbons (Fsp3) is 0.400. The number of likely N-dealkylation sites (tertiary alicyclic amines) is 1. The van der Waals surface area contributed by atoms with Crippen LogP contribution in [0.15, 0.2) is 18.3 Å². The molecule has 3 nitrogen and oxygen atoms in total. The highest BCUT2D eigenvalue weighted by atomic mass is 16.2. The molecule has 2 rings (SSSR count). The zero-order valence-electron chi connectivity index (χ0n) is 7.94. The molecule has 0 N–H and O–H groups in total. The summed E-state index contributed by atoms with van der Waals surface area (Å²) in [5.41, 5.74) is 1.07. The quantitative estimate of drug-likeness (QED) is 0.583. The lowest BCUT2D eigenvalue weighted by Crippen LogP contribution is -2.28. The average Bonchev–Trinajstić information content (AvgIpc) is 2.71. The van der Waals surface area contributed by atoms with Crippen LogP contribution in [0.5, 0.6) is 0 Å². The minimum absolute atomic E-state index is 0.0648. The largest absolute Gasteiger partial charge is 0.339 e. The average molecular weight is 186 g/mol. The second kappa shape index (κ2) is 3.82. The van der Waals surface area contributed by atoms with Crippen molar-refractivity contribution in [2.45, 2.75) is 12.8 Å². The Bertz CT molecular complexity index is 330. The van der Waals surface area contributed by atoms with Crippen LogP contribution in [0.25, 0.3) is 0 Å². The van der Waals surface area contributed by atoms with Gasteiger partial charge in [-0.15, -0.1) is 0 Å². The van der Waals surface area contributed by atoms with Gasteiger partial charge in [0, 0.05) is 19.3 Å². The Balaban J connectivity index is 2.14. The zero-order valence-corrected chi connectivity index (χ0v) is 7.94. The van der Waals surface area contributed by atoms with Gasteiger partial charge in [-0.2, -0.15) is 0 Å². The molecule has 1 saturated heterocycles. The Morgan fingerprint density at radius 1 is 1.36 bits per heavy atom.